The first-order chi connectivity index (χ1) is 9.21. The Morgan fingerprint density at radius 1 is 1.40 bits per heavy atom. The lowest BCUT2D eigenvalue weighted by Crippen LogP contribution is -2.39. The molecule has 0 unspecified atom stereocenters. The Kier molecular flexibility index (Phi) is 5.19. The van der Waals surface area contributed by atoms with Gasteiger partial charge in [0.05, 0.1) is 12.7 Å². The number of nitrogens with one attached hydrogen (secondary N) is 1. The Morgan fingerprint density at radius 2 is 2.05 bits per heavy atom. The molecule has 0 radical (unpaired) electrons. The third-order valence-electron chi connectivity index (χ3n) is 2.42. The Bertz CT molecular complexity index is 474. The number of carbonyl (C=O) groups is 2. The normalized spacial score (nSPS) is 12.7. The third kappa shape index (κ3) is 5.34. The highest BCUT2D eigenvalue weighted by Crippen LogP contribution is 2.08. The molecule has 0 aliphatic rings. The van der Waals surface area contributed by atoms with Gasteiger partial charge in [0.1, 0.15) is 5.60 Å². The number of hydrogen-bond donors (Lipinski definition) is 1. The van der Waals surface area contributed by atoms with Crippen molar-refractivity contribution < 1.29 is 19.1 Å². The molecule has 6 nitrogen and oxygen atoms in total. The minimum absolute atomic E-state index is 0.122. The summed E-state index contributed by atoms with van der Waals surface area (Å²) in [7, 11) is 1.34. The van der Waals surface area contributed by atoms with Gasteiger partial charge in [-0.1, -0.05) is 0 Å². The fourth-order valence-electron chi connectivity index (χ4n) is 1.66. The maximum Gasteiger partial charge on any atom is 0.407 e. The molecule has 0 saturated heterocycles. The second kappa shape index (κ2) is 6.45. The van der Waals surface area contributed by atoms with Crippen LogP contribution in [0.4, 0.5) is 4.79 Å². The quantitative estimate of drug-likeness (QED) is 0.859. The van der Waals surface area contributed by atoms with E-state index >= 15 is 0 Å². The van der Waals surface area contributed by atoms with Gasteiger partial charge in [0, 0.05) is 25.0 Å². The van der Waals surface area contributed by atoms with E-state index in [-0.39, 0.29) is 12.0 Å². The third-order valence-corrected chi connectivity index (χ3v) is 2.42. The van der Waals surface area contributed by atoms with Crippen LogP contribution in [0, 0.1) is 0 Å². The van der Waals surface area contributed by atoms with Gasteiger partial charge in [-0.25, -0.2) is 9.59 Å². The van der Waals surface area contributed by atoms with Crippen molar-refractivity contribution >= 4 is 12.1 Å². The van der Waals surface area contributed by atoms with Gasteiger partial charge < -0.3 is 19.4 Å². The molecule has 0 fully saturated rings. The average Bonchev–Trinajstić information content (AvgIpc) is 2.73. The first-order valence-electron chi connectivity index (χ1n) is 6.45. The summed E-state index contributed by atoms with van der Waals surface area (Å²) in [4.78, 5) is 22.9. The first-order valence-corrected chi connectivity index (χ1v) is 6.45. The van der Waals surface area contributed by atoms with E-state index in [0.717, 1.165) is 0 Å². The fraction of sp³-hybridized carbons (Fsp3) is 0.571. The molecule has 0 aromatic carbocycles. The summed E-state index contributed by atoms with van der Waals surface area (Å²) in [6.45, 7) is 7.83. The molecule has 1 rings (SSSR count). The van der Waals surface area contributed by atoms with Gasteiger partial charge in [0.2, 0.25) is 0 Å². The number of aromatic nitrogens is 1. The molecular weight excluding hydrogens is 260 g/mol. The van der Waals surface area contributed by atoms with Crippen LogP contribution in [0.15, 0.2) is 18.5 Å². The van der Waals surface area contributed by atoms with Crippen LogP contribution < -0.4 is 5.32 Å². The molecule has 1 amide bonds. The Labute approximate surface area is 119 Å². The summed E-state index contributed by atoms with van der Waals surface area (Å²) in [5.74, 6) is -0.378. The predicted molar refractivity (Wildman–Crippen MR) is 74.6 cm³/mol. The Hall–Kier alpha value is -1.98. The zero-order valence-electron chi connectivity index (χ0n) is 12.6. The van der Waals surface area contributed by atoms with Gasteiger partial charge in [-0.3, -0.25) is 0 Å². The standard InChI is InChI=1S/C14H22N2O4/c1-10(15-13(18)20-14(2,3)4)8-16-7-6-11(9-16)12(17)19-5/h6-7,9-10H,8H2,1-5H3,(H,15,18)/t10-/m0/s1. The van der Waals surface area contributed by atoms with Gasteiger partial charge in [-0.2, -0.15) is 0 Å². The van der Waals surface area contributed by atoms with Crippen molar-refractivity contribution in [3.8, 4) is 0 Å². The summed E-state index contributed by atoms with van der Waals surface area (Å²) in [5, 5.41) is 2.74. The predicted octanol–water partition coefficient (Wildman–Crippen LogP) is 2.19. The maximum atomic E-state index is 11.6. The number of esters is 1. The van der Waals surface area contributed by atoms with Gasteiger partial charge in [0.25, 0.3) is 0 Å². The highest BCUT2D eigenvalue weighted by atomic mass is 16.6. The molecular formula is C14H22N2O4. The lowest BCUT2D eigenvalue weighted by atomic mass is 10.2. The van der Waals surface area contributed by atoms with Crippen LogP contribution >= 0.6 is 0 Å². The molecule has 0 aliphatic heterocycles. The van der Waals surface area contributed by atoms with Crippen LogP contribution in [0.25, 0.3) is 0 Å². The second-order valence-corrected chi connectivity index (χ2v) is 5.64. The lowest BCUT2D eigenvalue weighted by Gasteiger charge is -2.22. The van der Waals surface area contributed by atoms with E-state index in [1.807, 2.05) is 32.3 Å². The summed E-state index contributed by atoms with van der Waals surface area (Å²) in [5.41, 5.74) is -0.0352. The number of amides is 1. The molecule has 0 aliphatic carbocycles. The molecule has 112 valence electrons. The van der Waals surface area contributed by atoms with Crippen LogP contribution in [0.2, 0.25) is 0 Å². The highest BCUT2D eigenvalue weighted by molar-refractivity contribution is 5.89. The van der Waals surface area contributed by atoms with E-state index in [9.17, 15) is 9.59 Å². The van der Waals surface area contributed by atoms with E-state index in [0.29, 0.717) is 12.1 Å². The van der Waals surface area contributed by atoms with Crippen LogP contribution in [0.3, 0.4) is 0 Å². The Balaban J connectivity index is 2.50. The minimum Gasteiger partial charge on any atom is -0.465 e. The molecule has 1 heterocycles. The largest absolute Gasteiger partial charge is 0.465 e. The number of nitrogens with zero attached hydrogens (tertiary/aromatic N) is 1. The van der Waals surface area contributed by atoms with Gasteiger partial charge in [-0.05, 0) is 33.8 Å². The number of carbonyl (C=O) groups excluding carboxylic acids is 2. The second-order valence-electron chi connectivity index (χ2n) is 5.64. The van der Waals surface area contributed by atoms with E-state index in [2.05, 4.69) is 10.1 Å². The van der Waals surface area contributed by atoms with Crippen molar-refractivity contribution in [2.24, 2.45) is 0 Å². The zero-order valence-corrected chi connectivity index (χ0v) is 12.6. The van der Waals surface area contributed by atoms with Crippen molar-refractivity contribution in [2.45, 2.75) is 45.9 Å². The minimum atomic E-state index is -0.519. The molecule has 0 bridgehead atoms. The van der Waals surface area contributed by atoms with E-state index in [4.69, 9.17) is 4.74 Å². The van der Waals surface area contributed by atoms with Gasteiger partial charge in [0.15, 0.2) is 0 Å². The van der Waals surface area contributed by atoms with E-state index in [1.165, 1.54) is 7.11 Å². The Morgan fingerprint density at radius 3 is 2.60 bits per heavy atom. The number of rotatable bonds is 4. The van der Waals surface area contributed by atoms with Crippen molar-refractivity contribution in [1.82, 2.24) is 9.88 Å². The van der Waals surface area contributed by atoms with Crippen molar-refractivity contribution in [1.29, 1.82) is 0 Å². The topological polar surface area (TPSA) is 69.6 Å². The fourth-order valence-corrected chi connectivity index (χ4v) is 1.66. The monoisotopic (exact) mass is 282 g/mol. The molecule has 0 saturated carbocycles. The molecule has 20 heavy (non-hydrogen) atoms. The van der Waals surface area contributed by atoms with Crippen molar-refractivity contribution in [3.05, 3.63) is 24.0 Å². The molecule has 0 spiro atoms. The van der Waals surface area contributed by atoms with E-state index in [1.54, 1.807) is 18.5 Å². The molecule has 6 heteroatoms. The summed E-state index contributed by atoms with van der Waals surface area (Å²) < 4.78 is 11.6. The van der Waals surface area contributed by atoms with Gasteiger partial charge >= 0.3 is 12.1 Å². The molecule has 1 aromatic rings. The zero-order chi connectivity index (χ0) is 15.3. The molecule has 1 aromatic heterocycles. The van der Waals surface area contributed by atoms with Crippen LogP contribution in [0.5, 0.6) is 0 Å². The van der Waals surface area contributed by atoms with Crippen molar-refractivity contribution in [3.63, 3.8) is 0 Å². The summed E-state index contributed by atoms with van der Waals surface area (Å²) in [6.07, 6.45) is 2.99. The molecule has 1 atom stereocenters. The smallest absolute Gasteiger partial charge is 0.407 e. The summed E-state index contributed by atoms with van der Waals surface area (Å²) >= 11 is 0. The van der Waals surface area contributed by atoms with Crippen molar-refractivity contribution in [2.75, 3.05) is 7.11 Å². The molecule has 1 N–H and O–H groups in total. The maximum absolute atomic E-state index is 11.6. The number of alkyl carbamates (subject to hydrolysis) is 1. The average molecular weight is 282 g/mol. The number of methoxy groups -OCH3 is 1. The number of ether oxygens (including phenoxy) is 2. The van der Waals surface area contributed by atoms with Gasteiger partial charge in [-0.15, -0.1) is 0 Å². The summed E-state index contributed by atoms with van der Waals surface area (Å²) in [6, 6.07) is 1.55. The number of hydrogen-bond acceptors (Lipinski definition) is 4. The first kappa shape index (κ1) is 16.1. The lowest BCUT2D eigenvalue weighted by molar-refractivity contribution is 0.0502. The van der Waals surface area contributed by atoms with E-state index < -0.39 is 11.7 Å². The van der Waals surface area contributed by atoms with Crippen LogP contribution in [0.1, 0.15) is 38.1 Å². The SMILES string of the molecule is COC(=O)c1ccn(C[C@H](C)NC(=O)OC(C)(C)C)c1. The van der Waals surface area contributed by atoms with Crippen LogP contribution in [-0.2, 0) is 16.0 Å². The van der Waals surface area contributed by atoms with Crippen LogP contribution in [-0.4, -0.2) is 35.4 Å². The highest BCUT2D eigenvalue weighted by Gasteiger charge is 2.18.